The zero-order chi connectivity index (χ0) is 0. The van der Waals surface area contributed by atoms with Crippen molar-refractivity contribution in [1.82, 2.24) is 0 Å². The van der Waals surface area contributed by atoms with Crippen molar-refractivity contribution >= 4 is 27.3 Å². The van der Waals surface area contributed by atoms with Crippen molar-refractivity contribution < 1.29 is 89.0 Å². The van der Waals surface area contributed by atoms with Crippen LogP contribution in [0.4, 0.5) is 0 Å². The molecule has 0 aliphatic carbocycles. The Morgan fingerprint density at radius 1 is 1.00 bits per heavy atom. The van der Waals surface area contributed by atoms with Crippen molar-refractivity contribution in [2.75, 3.05) is 0 Å². The van der Waals surface area contributed by atoms with E-state index in [1.807, 2.05) is 0 Å². The van der Waals surface area contributed by atoms with Gasteiger partial charge in [0.15, 0.2) is 0 Å². The summed E-state index contributed by atoms with van der Waals surface area (Å²) in [5.41, 5.74) is 0. The van der Waals surface area contributed by atoms with E-state index < -0.39 is 0 Å². The smallest absolute Gasteiger partial charge is 0 e. The SMILES string of the molecule is O.[La].[Pb].[Ti].[Zr]. The molecule has 5 heavy (non-hydrogen) atoms. The molecular formula is H2LaOPbTiZr. The van der Waals surface area contributed by atoms with E-state index in [1.165, 1.54) is 0 Å². The third-order valence-corrected chi connectivity index (χ3v) is 0. The molecule has 0 aromatic rings. The van der Waals surface area contributed by atoms with Crippen LogP contribution in [-0.4, -0.2) is 32.8 Å². The fraction of sp³-hybridized carbons (Fsp3) is 0. The van der Waals surface area contributed by atoms with E-state index in [0.717, 1.165) is 0 Å². The van der Waals surface area contributed by atoms with Gasteiger partial charge in [0, 0.05) is 111 Å². The summed E-state index contributed by atoms with van der Waals surface area (Å²) >= 11 is 0. The average molecular weight is 503 g/mol. The van der Waals surface area contributed by atoms with Crippen LogP contribution in [0.25, 0.3) is 0 Å². The molecule has 0 unspecified atom stereocenters. The topological polar surface area (TPSA) is 31.5 Å². The summed E-state index contributed by atoms with van der Waals surface area (Å²) in [6.45, 7) is 0. The van der Waals surface area contributed by atoms with Crippen molar-refractivity contribution in [2.45, 2.75) is 0 Å². The molecule has 23 valence electrons. The Morgan fingerprint density at radius 3 is 1.00 bits per heavy atom. The quantitative estimate of drug-likeness (QED) is 0.372. The third-order valence-electron chi connectivity index (χ3n) is 0. The Balaban J connectivity index is 0. The van der Waals surface area contributed by atoms with Crippen LogP contribution >= 0.6 is 0 Å². The molecule has 0 rings (SSSR count). The first kappa shape index (κ1) is 37.8. The van der Waals surface area contributed by atoms with Crippen LogP contribution in [0.5, 0.6) is 0 Å². The van der Waals surface area contributed by atoms with Gasteiger partial charge >= 0.3 is 0 Å². The van der Waals surface area contributed by atoms with Crippen molar-refractivity contribution in [3.8, 4) is 0 Å². The zero-order valence-electron chi connectivity index (χ0n) is 2.58. The Hall–Kier alpha value is 3.67. The first-order valence-corrected chi connectivity index (χ1v) is 0. The molecule has 0 heterocycles. The summed E-state index contributed by atoms with van der Waals surface area (Å²) in [7, 11) is 0. The Bertz CT molecular complexity index is 11.6. The largest absolute Gasteiger partial charge is 0.412 e. The van der Waals surface area contributed by atoms with Crippen molar-refractivity contribution in [1.29, 1.82) is 0 Å². The maximum atomic E-state index is 0. The molecule has 0 aliphatic rings. The molecule has 5 heteroatoms. The van der Waals surface area contributed by atoms with Gasteiger partial charge in [-0.2, -0.15) is 0 Å². The van der Waals surface area contributed by atoms with Gasteiger partial charge in [-0.25, -0.2) is 0 Å². The van der Waals surface area contributed by atoms with E-state index in [9.17, 15) is 0 Å². The summed E-state index contributed by atoms with van der Waals surface area (Å²) in [4.78, 5) is 0. The molecule has 0 amide bonds. The van der Waals surface area contributed by atoms with Gasteiger partial charge in [-0.1, -0.05) is 0 Å². The zero-order valence-corrected chi connectivity index (χ0v) is 14.1. The number of hydrogen-bond donors (Lipinski definition) is 0. The fourth-order valence-corrected chi connectivity index (χ4v) is 0. The van der Waals surface area contributed by atoms with Crippen LogP contribution in [0, 0.1) is 35.6 Å². The molecule has 0 fully saturated rings. The van der Waals surface area contributed by atoms with Crippen LogP contribution in [0.2, 0.25) is 0 Å². The summed E-state index contributed by atoms with van der Waals surface area (Å²) in [5, 5.41) is 0. The summed E-state index contributed by atoms with van der Waals surface area (Å²) in [6.07, 6.45) is 0. The molecule has 0 aliphatic heterocycles. The van der Waals surface area contributed by atoms with Gasteiger partial charge in [0.25, 0.3) is 0 Å². The van der Waals surface area contributed by atoms with Crippen molar-refractivity contribution in [3.63, 3.8) is 0 Å². The minimum absolute atomic E-state index is 0. The number of rotatable bonds is 0. The van der Waals surface area contributed by atoms with E-state index in [1.54, 1.807) is 0 Å². The first-order valence-electron chi connectivity index (χ1n) is 0. The van der Waals surface area contributed by atoms with Gasteiger partial charge in [-0.05, 0) is 0 Å². The molecule has 0 bridgehead atoms. The van der Waals surface area contributed by atoms with Gasteiger partial charge in [-0.3, -0.25) is 0 Å². The van der Waals surface area contributed by atoms with Crippen LogP contribution in [0.3, 0.4) is 0 Å². The maximum Gasteiger partial charge on any atom is 0 e. The molecule has 0 atom stereocenters. The maximum absolute atomic E-state index is 0. The second-order valence-corrected chi connectivity index (χ2v) is 0. The minimum atomic E-state index is 0. The van der Waals surface area contributed by atoms with Crippen LogP contribution in [0.15, 0.2) is 0 Å². The summed E-state index contributed by atoms with van der Waals surface area (Å²) in [6, 6.07) is 0. The monoisotopic (exact) mass is 503 g/mol. The minimum Gasteiger partial charge on any atom is -0.412 e. The van der Waals surface area contributed by atoms with Gasteiger partial charge in [-0.15, -0.1) is 0 Å². The average Bonchev–Trinajstić information content (AvgIpc) is 0. The Kier molecular flexibility index (Phi) is 192. The predicted molar refractivity (Wildman–Crippen MR) is 9.37 cm³/mol. The molecular weight excluding hydrogens is 501 g/mol. The summed E-state index contributed by atoms with van der Waals surface area (Å²) in [5.74, 6) is 0. The molecule has 1 nitrogen and oxygen atoms in total. The van der Waals surface area contributed by atoms with Gasteiger partial charge < -0.3 is 5.48 Å². The van der Waals surface area contributed by atoms with Gasteiger partial charge in [0.05, 0.1) is 0 Å². The second kappa shape index (κ2) is 25.3. The van der Waals surface area contributed by atoms with Gasteiger partial charge in [0.2, 0.25) is 0 Å². The molecule has 0 spiro atoms. The third kappa shape index (κ3) is 18.3. The van der Waals surface area contributed by atoms with E-state index >= 15 is 0 Å². The van der Waals surface area contributed by atoms with Crippen LogP contribution < -0.4 is 0 Å². The van der Waals surface area contributed by atoms with E-state index in [2.05, 4.69) is 0 Å². The molecule has 0 saturated heterocycles. The Labute approximate surface area is 113 Å². The van der Waals surface area contributed by atoms with E-state index in [4.69, 9.17) is 0 Å². The van der Waals surface area contributed by atoms with Gasteiger partial charge in [0.1, 0.15) is 0 Å². The molecule has 0 aromatic heterocycles. The normalized spacial score (nSPS) is 0. The molecule has 2 N–H and O–H groups in total. The standard InChI is InChI=1S/La.H2O.Pb.Ti.Zr/h;1H2;;;. The molecule has 0 aromatic carbocycles. The van der Waals surface area contributed by atoms with Crippen LogP contribution in [-0.2, 0) is 47.9 Å². The first-order chi connectivity index (χ1) is 0. The summed E-state index contributed by atoms with van der Waals surface area (Å²) < 4.78 is 0. The Morgan fingerprint density at radius 2 is 1.00 bits per heavy atom. The number of hydrogen-bond acceptors (Lipinski definition) is 0. The fourth-order valence-electron chi connectivity index (χ4n) is 0. The van der Waals surface area contributed by atoms with Crippen LogP contribution in [0.1, 0.15) is 0 Å². The van der Waals surface area contributed by atoms with E-state index in [0.29, 0.717) is 0 Å². The second-order valence-electron chi connectivity index (χ2n) is 0. The van der Waals surface area contributed by atoms with E-state index in [-0.39, 0.29) is 116 Å². The molecule has 0 saturated carbocycles. The van der Waals surface area contributed by atoms with Crippen molar-refractivity contribution in [3.05, 3.63) is 0 Å². The predicted octanol–water partition coefficient (Wildman–Crippen LogP) is -1.21. The van der Waals surface area contributed by atoms with Crippen molar-refractivity contribution in [2.24, 2.45) is 0 Å². The molecule has 5 radical (unpaired) electrons.